The van der Waals surface area contributed by atoms with Crippen molar-refractivity contribution in [3.63, 3.8) is 0 Å². The molecule has 1 aromatic rings. The van der Waals surface area contributed by atoms with Crippen molar-refractivity contribution in [1.82, 2.24) is 10.6 Å². The summed E-state index contributed by atoms with van der Waals surface area (Å²) in [6, 6.07) is 10.2. The van der Waals surface area contributed by atoms with Gasteiger partial charge in [-0.15, -0.1) is 0 Å². The molecule has 18 heavy (non-hydrogen) atoms. The first-order chi connectivity index (χ1) is 8.72. The molecule has 3 N–H and O–H groups in total. The monoisotopic (exact) mass is 249 g/mol. The van der Waals surface area contributed by atoms with E-state index in [1.165, 1.54) is 0 Å². The maximum absolute atomic E-state index is 11.4. The number of nitrogens with one attached hydrogen (secondary N) is 3. The van der Waals surface area contributed by atoms with Gasteiger partial charge in [0.2, 0.25) is 0 Å². The van der Waals surface area contributed by atoms with Crippen molar-refractivity contribution < 1.29 is 4.79 Å². The van der Waals surface area contributed by atoms with E-state index in [1.54, 1.807) is 0 Å². The maximum atomic E-state index is 11.4. The van der Waals surface area contributed by atoms with E-state index in [0.717, 1.165) is 25.1 Å². The summed E-state index contributed by atoms with van der Waals surface area (Å²) < 4.78 is 0. The quantitative estimate of drug-likeness (QED) is 0.651. The first-order valence-corrected chi connectivity index (χ1v) is 6.55. The molecule has 0 radical (unpaired) electrons. The predicted octanol–water partition coefficient (Wildman–Crippen LogP) is 2.59. The fourth-order valence-electron chi connectivity index (χ4n) is 1.46. The molecule has 0 aromatic heterocycles. The van der Waals surface area contributed by atoms with Crippen molar-refractivity contribution in [3.05, 3.63) is 30.3 Å². The zero-order valence-corrected chi connectivity index (χ0v) is 11.2. The normalized spacial score (nSPS) is 11.7. The van der Waals surface area contributed by atoms with Gasteiger partial charge in [0.05, 0.1) is 0 Å². The van der Waals surface area contributed by atoms with Crippen LogP contribution < -0.4 is 16.0 Å². The topological polar surface area (TPSA) is 53.2 Å². The van der Waals surface area contributed by atoms with Crippen molar-refractivity contribution in [1.29, 1.82) is 0 Å². The van der Waals surface area contributed by atoms with Crippen LogP contribution in [0.4, 0.5) is 10.5 Å². The van der Waals surface area contributed by atoms with E-state index in [0.29, 0.717) is 6.54 Å². The van der Waals surface area contributed by atoms with Gasteiger partial charge in [0.15, 0.2) is 0 Å². The van der Waals surface area contributed by atoms with E-state index in [9.17, 15) is 4.79 Å². The van der Waals surface area contributed by atoms with Crippen LogP contribution in [0.15, 0.2) is 30.3 Å². The van der Waals surface area contributed by atoms with Gasteiger partial charge in [-0.3, -0.25) is 0 Å². The summed E-state index contributed by atoms with van der Waals surface area (Å²) in [5, 5.41) is 9.01. The second kappa shape index (κ2) is 8.39. The number of carbonyl (C=O) groups is 1. The minimum absolute atomic E-state index is 0.0796. The molecule has 4 nitrogen and oxygen atoms in total. The fourth-order valence-corrected chi connectivity index (χ4v) is 1.46. The van der Waals surface area contributed by atoms with Crippen molar-refractivity contribution in [2.24, 2.45) is 0 Å². The molecule has 0 aliphatic heterocycles. The Labute approximate surface area is 109 Å². The smallest absolute Gasteiger partial charge is 0.314 e. The average Bonchev–Trinajstić information content (AvgIpc) is 2.39. The van der Waals surface area contributed by atoms with Gasteiger partial charge in [-0.1, -0.05) is 25.1 Å². The summed E-state index contributed by atoms with van der Waals surface area (Å²) in [7, 11) is 0. The van der Waals surface area contributed by atoms with E-state index < -0.39 is 0 Å². The molecule has 1 aromatic carbocycles. The molecule has 1 rings (SSSR count). The Balaban J connectivity index is 2.03. The largest absolute Gasteiger partial charge is 0.385 e. The molecular weight excluding hydrogens is 226 g/mol. The Bertz CT molecular complexity index is 340. The van der Waals surface area contributed by atoms with Crippen LogP contribution in [0.25, 0.3) is 0 Å². The Morgan fingerprint density at radius 3 is 2.61 bits per heavy atom. The number of urea groups is 1. The van der Waals surface area contributed by atoms with Crippen molar-refractivity contribution in [2.75, 3.05) is 18.4 Å². The summed E-state index contributed by atoms with van der Waals surface area (Å²) in [5.74, 6) is 0. The minimum Gasteiger partial charge on any atom is -0.385 e. The summed E-state index contributed by atoms with van der Waals surface area (Å²) in [6.45, 7) is 5.58. The first kappa shape index (κ1) is 14.4. The van der Waals surface area contributed by atoms with Gasteiger partial charge in [-0.2, -0.15) is 0 Å². The zero-order valence-electron chi connectivity index (χ0n) is 11.2. The lowest BCUT2D eigenvalue weighted by molar-refractivity contribution is 0.237. The highest BCUT2D eigenvalue weighted by Gasteiger charge is 2.03. The van der Waals surface area contributed by atoms with Gasteiger partial charge in [0.25, 0.3) is 0 Å². The molecule has 2 amide bonds. The lowest BCUT2D eigenvalue weighted by Gasteiger charge is -2.12. The summed E-state index contributed by atoms with van der Waals surface area (Å²) in [6.07, 6.45) is 1.85. The van der Waals surface area contributed by atoms with Gasteiger partial charge < -0.3 is 16.0 Å². The molecule has 0 saturated heterocycles. The van der Waals surface area contributed by atoms with E-state index in [-0.39, 0.29) is 12.1 Å². The number of hydrogen-bond donors (Lipinski definition) is 3. The first-order valence-electron chi connectivity index (χ1n) is 6.55. The highest BCUT2D eigenvalue weighted by atomic mass is 16.2. The SMILES string of the molecule is CC[C@H](C)NC(=O)NCCCNc1ccccc1. The van der Waals surface area contributed by atoms with Crippen molar-refractivity contribution in [2.45, 2.75) is 32.7 Å². The second-order valence-electron chi connectivity index (χ2n) is 4.36. The fraction of sp³-hybridized carbons (Fsp3) is 0.500. The highest BCUT2D eigenvalue weighted by molar-refractivity contribution is 5.74. The number of benzene rings is 1. The molecule has 0 aliphatic rings. The average molecular weight is 249 g/mol. The Morgan fingerprint density at radius 2 is 1.94 bits per heavy atom. The Morgan fingerprint density at radius 1 is 1.22 bits per heavy atom. The molecule has 100 valence electrons. The molecule has 4 heteroatoms. The van der Waals surface area contributed by atoms with Gasteiger partial charge in [0, 0.05) is 24.8 Å². The predicted molar refractivity (Wildman–Crippen MR) is 75.8 cm³/mol. The van der Waals surface area contributed by atoms with Crippen LogP contribution in [-0.2, 0) is 0 Å². The standard InChI is InChI=1S/C14H23N3O/c1-3-12(2)17-14(18)16-11-7-10-15-13-8-5-4-6-9-13/h4-6,8-9,12,15H,3,7,10-11H2,1-2H3,(H2,16,17,18)/t12-/m0/s1. The van der Waals surface area contributed by atoms with E-state index >= 15 is 0 Å². The molecule has 1 atom stereocenters. The Kier molecular flexibility index (Phi) is 6.69. The third-order valence-electron chi connectivity index (χ3n) is 2.73. The van der Waals surface area contributed by atoms with Gasteiger partial charge in [-0.25, -0.2) is 4.79 Å². The number of amides is 2. The van der Waals surface area contributed by atoms with Crippen LogP contribution in [0, 0.1) is 0 Å². The van der Waals surface area contributed by atoms with Gasteiger partial charge in [-0.05, 0) is 31.9 Å². The van der Waals surface area contributed by atoms with Crippen LogP contribution in [0.3, 0.4) is 0 Å². The highest BCUT2D eigenvalue weighted by Crippen LogP contribution is 2.03. The summed E-state index contributed by atoms with van der Waals surface area (Å²) >= 11 is 0. The van der Waals surface area contributed by atoms with Gasteiger partial charge >= 0.3 is 6.03 Å². The van der Waals surface area contributed by atoms with Crippen LogP contribution in [0.5, 0.6) is 0 Å². The van der Waals surface area contributed by atoms with Crippen LogP contribution >= 0.6 is 0 Å². The number of para-hydroxylation sites is 1. The lowest BCUT2D eigenvalue weighted by Crippen LogP contribution is -2.41. The third-order valence-corrected chi connectivity index (χ3v) is 2.73. The summed E-state index contributed by atoms with van der Waals surface area (Å²) in [5.41, 5.74) is 1.11. The number of hydrogen-bond acceptors (Lipinski definition) is 2. The Hall–Kier alpha value is -1.71. The zero-order chi connectivity index (χ0) is 13.2. The molecule has 0 spiro atoms. The minimum atomic E-state index is -0.0796. The number of anilines is 1. The number of carbonyl (C=O) groups excluding carboxylic acids is 1. The van der Waals surface area contributed by atoms with Crippen molar-refractivity contribution in [3.8, 4) is 0 Å². The molecular formula is C14H23N3O. The second-order valence-corrected chi connectivity index (χ2v) is 4.36. The van der Waals surface area contributed by atoms with E-state index in [4.69, 9.17) is 0 Å². The van der Waals surface area contributed by atoms with Crippen LogP contribution in [-0.4, -0.2) is 25.2 Å². The van der Waals surface area contributed by atoms with Crippen molar-refractivity contribution >= 4 is 11.7 Å². The van der Waals surface area contributed by atoms with Gasteiger partial charge in [0.1, 0.15) is 0 Å². The van der Waals surface area contributed by atoms with Crippen LogP contribution in [0.2, 0.25) is 0 Å². The molecule has 0 heterocycles. The number of rotatable bonds is 7. The molecule has 0 fully saturated rings. The summed E-state index contributed by atoms with van der Waals surface area (Å²) in [4.78, 5) is 11.4. The van der Waals surface area contributed by atoms with E-state index in [1.807, 2.05) is 37.3 Å². The molecule has 0 bridgehead atoms. The lowest BCUT2D eigenvalue weighted by atomic mass is 10.3. The molecule has 0 unspecified atom stereocenters. The van der Waals surface area contributed by atoms with E-state index in [2.05, 4.69) is 22.9 Å². The van der Waals surface area contributed by atoms with Crippen LogP contribution in [0.1, 0.15) is 26.7 Å². The molecule has 0 saturated carbocycles. The molecule has 0 aliphatic carbocycles. The maximum Gasteiger partial charge on any atom is 0.314 e. The third kappa shape index (κ3) is 6.13.